The van der Waals surface area contributed by atoms with Crippen molar-refractivity contribution in [1.82, 2.24) is 0 Å². The fraction of sp³-hybridized carbons (Fsp3) is 1.00. The Kier molecular flexibility index (Phi) is 4.13. The standard InChI is InChI=1S/C5H14NO3P/c1-2-3-4-5(6)10(7,8)9/h5H,2-4,6H2,1H3,(H2,7,8,9)/t5-/m0/s1. The van der Waals surface area contributed by atoms with Gasteiger partial charge in [0.1, 0.15) is 5.78 Å². The molecule has 4 nitrogen and oxygen atoms in total. The van der Waals surface area contributed by atoms with Crippen molar-refractivity contribution in [2.24, 2.45) is 5.73 Å². The third kappa shape index (κ3) is 4.01. The van der Waals surface area contributed by atoms with Gasteiger partial charge in [-0.25, -0.2) is 0 Å². The summed E-state index contributed by atoms with van der Waals surface area (Å²) in [5, 5.41) is 0. The van der Waals surface area contributed by atoms with Crippen molar-refractivity contribution < 1.29 is 14.4 Å². The second-order valence-corrected chi connectivity index (χ2v) is 4.14. The Bertz CT molecular complexity index is 133. The highest BCUT2D eigenvalue weighted by atomic mass is 31.2. The van der Waals surface area contributed by atoms with Crippen molar-refractivity contribution in [3.05, 3.63) is 0 Å². The Morgan fingerprint density at radius 1 is 1.60 bits per heavy atom. The zero-order valence-electron chi connectivity index (χ0n) is 6.03. The molecule has 4 N–H and O–H groups in total. The molecule has 62 valence electrons. The van der Waals surface area contributed by atoms with Gasteiger partial charge in [0.25, 0.3) is 0 Å². The van der Waals surface area contributed by atoms with E-state index in [1.165, 1.54) is 0 Å². The van der Waals surface area contributed by atoms with Gasteiger partial charge in [0.2, 0.25) is 0 Å². The van der Waals surface area contributed by atoms with E-state index < -0.39 is 13.4 Å². The zero-order chi connectivity index (χ0) is 8.20. The van der Waals surface area contributed by atoms with Crippen LogP contribution in [0.3, 0.4) is 0 Å². The lowest BCUT2D eigenvalue weighted by Gasteiger charge is -2.11. The van der Waals surface area contributed by atoms with Crippen LogP contribution < -0.4 is 5.73 Å². The summed E-state index contributed by atoms with van der Waals surface area (Å²) >= 11 is 0. The van der Waals surface area contributed by atoms with Crippen LogP contribution >= 0.6 is 7.60 Å². The van der Waals surface area contributed by atoms with Gasteiger partial charge in [0, 0.05) is 0 Å². The summed E-state index contributed by atoms with van der Waals surface area (Å²) in [4.78, 5) is 17.0. The van der Waals surface area contributed by atoms with Crippen molar-refractivity contribution in [1.29, 1.82) is 0 Å². The van der Waals surface area contributed by atoms with Crippen LogP contribution in [0.2, 0.25) is 0 Å². The Labute approximate surface area is 60.6 Å². The van der Waals surface area contributed by atoms with E-state index in [1.807, 2.05) is 6.92 Å². The molecule has 0 bridgehead atoms. The van der Waals surface area contributed by atoms with E-state index >= 15 is 0 Å². The lowest BCUT2D eigenvalue weighted by atomic mass is 10.2. The van der Waals surface area contributed by atoms with Gasteiger partial charge in [-0.2, -0.15) is 0 Å². The summed E-state index contributed by atoms with van der Waals surface area (Å²) in [6.45, 7) is 1.95. The first-order valence-electron chi connectivity index (χ1n) is 3.29. The molecule has 0 aliphatic heterocycles. The molecule has 0 saturated carbocycles. The average Bonchev–Trinajstić information content (AvgIpc) is 1.80. The normalized spacial score (nSPS) is 15.2. The number of rotatable bonds is 4. The van der Waals surface area contributed by atoms with E-state index in [-0.39, 0.29) is 0 Å². The lowest BCUT2D eigenvalue weighted by Crippen LogP contribution is -2.19. The van der Waals surface area contributed by atoms with Gasteiger partial charge in [-0.3, -0.25) is 4.57 Å². The van der Waals surface area contributed by atoms with Crippen LogP contribution in [0, 0.1) is 0 Å². The van der Waals surface area contributed by atoms with Crippen LogP contribution in [-0.2, 0) is 4.57 Å². The molecule has 10 heavy (non-hydrogen) atoms. The van der Waals surface area contributed by atoms with E-state index in [4.69, 9.17) is 15.5 Å². The van der Waals surface area contributed by atoms with Gasteiger partial charge < -0.3 is 15.5 Å². The maximum absolute atomic E-state index is 10.4. The maximum Gasteiger partial charge on any atom is 0.342 e. The van der Waals surface area contributed by atoms with E-state index in [0.29, 0.717) is 6.42 Å². The SMILES string of the molecule is CCCC[C@@H](N)P(=O)(O)O. The minimum atomic E-state index is -4.01. The predicted molar refractivity (Wildman–Crippen MR) is 39.5 cm³/mol. The topological polar surface area (TPSA) is 83.6 Å². The van der Waals surface area contributed by atoms with E-state index in [0.717, 1.165) is 12.8 Å². The third-order valence-corrected chi connectivity index (χ3v) is 2.41. The fourth-order valence-corrected chi connectivity index (χ4v) is 1.10. The summed E-state index contributed by atoms with van der Waals surface area (Å²) < 4.78 is 10.4. The van der Waals surface area contributed by atoms with Gasteiger partial charge >= 0.3 is 7.60 Å². The Morgan fingerprint density at radius 3 is 2.40 bits per heavy atom. The Balaban J connectivity index is 3.63. The highest BCUT2D eigenvalue weighted by molar-refractivity contribution is 7.52. The summed E-state index contributed by atoms with van der Waals surface area (Å²) in [5.41, 5.74) is 5.17. The molecule has 5 heteroatoms. The van der Waals surface area contributed by atoms with Crippen LogP contribution in [0.25, 0.3) is 0 Å². The molecule has 0 aromatic heterocycles. The minimum Gasteiger partial charge on any atom is -0.323 e. The Hall–Kier alpha value is 0.110. The lowest BCUT2D eigenvalue weighted by molar-refractivity contribution is 0.354. The molecule has 0 aromatic carbocycles. The van der Waals surface area contributed by atoms with E-state index in [1.54, 1.807) is 0 Å². The van der Waals surface area contributed by atoms with Crippen molar-refractivity contribution >= 4 is 7.60 Å². The highest BCUT2D eigenvalue weighted by Crippen LogP contribution is 2.40. The summed E-state index contributed by atoms with van der Waals surface area (Å²) in [6.07, 6.45) is 2.08. The van der Waals surface area contributed by atoms with Crippen LogP contribution in [0.4, 0.5) is 0 Å². The van der Waals surface area contributed by atoms with Crippen molar-refractivity contribution in [2.75, 3.05) is 0 Å². The molecule has 0 fully saturated rings. The van der Waals surface area contributed by atoms with Gasteiger partial charge in [-0.05, 0) is 6.42 Å². The molecule has 1 atom stereocenters. The molecule has 0 heterocycles. The molecule has 0 rings (SSSR count). The third-order valence-electron chi connectivity index (χ3n) is 1.29. The number of unbranched alkanes of at least 4 members (excludes halogenated alkanes) is 1. The quantitative estimate of drug-likeness (QED) is 0.536. The van der Waals surface area contributed by atoms with Gasteiger partial charge in [0.05, 0.1) is 0 Å². The first kappa shape index (κ1) is 10.1. The maximum atomic E-state index is 10.4. The molecule has 0 spiro atoms. The highest BCUT2D eigenvalue weighted by Gasteiger charge is 2.23. The van der Waals surface area contributed by atoms with Crippen molar-refractivity contribution in [3.8, 4) is 0 Å². The number of nitrogens with two attached hydrogens (primary N) is 1. The summed E-state index contributed by atoms with van der Waals surface area (Å²) in [5.74, 6) is -0.965. The molecular formula is C5H14NO3P. The molecule has 0 aliphatic carbocycles. The first-order valence-corrected chi connectivity index (χ1v) is 4.97. The zero-order valence-corrected chi connectivity index (χ0v) is 6.92. The molecule has 0 aliphatic rings. The molecule has 0 saturated heterocycles. The molecular weight excluding hydrogens is 153 g/mol. The van der Waals surface area contributed by atoms with Crippen LogP contribution in [0.1, 0.15) is 26.2 Å². The molecule has 0 unspecified atom stereocenters. The second kappa shape index (κ2) is 4.09. The van der Waals surface area contributed by atoms with Crippen LogP contribution in [0.5, 0.6) is 0 Å². The predicted octanol–water partition coefficient (Wildman–Crippen LogP) is 0.639. The molecule has 0 aromatic rings. The van der Waals surface area contributed by atoms with Gasteiger partial charge in [-0.1, -0.05) is 19.8 Å². The minimum absolute atomic E-state index is 0.404. The van der Waals surface area contributed by atoms with Gasteiger partial charge in [-0.15, -0.1) is 0 Å². The largest absolute Gasteiger partial charge is 0.342 e. The van der Waals surface area contributed by atoms with E-state index in [9.17, 15) is 4.57 Å². The van der Waals surface area contributed by atoms with Gasteiger partial charge in [0.15, 0.2) is 0 Å². The molecule has 0 radical (unpaired) electrons. The summed E-state index contributed by atoms with van der Waals surface area (Å²) in [6, 6.07) is 0. The monoisotopic (exact) mass is 167 g/mol. The number of hydrogen-bond donors (Lipinski definition) is 3. The summed E-state index contributed by atoms with van der Waals surface area (Å²) in [7, 11) is -4.01. The van der Waals surface area contributed by atoms with Crippen LogP contribution in [-0.4, -0.2) is 15.6 Å². The Morgan fingerprint density at radius 2 is 2.10 bits per heavy atom. The fourth-order valence-electron chi connectivity index (χ4n) is 0.581. The second-order valence-electron chi connectivity index (χ2n) is 2.30. The molecule has 0 amide bonds. The number of hydrogen-bond acceptors (Lipinski definition) is 2. The average molecular weight is 167 g/mol. The van der Waals surface area contributed by atoms with E-state index in [2.05, 4.69) is 0 Å². The first-order chi connectivity index (χ1) is 4.48. The smallest absolute Gasteiger partial charge is 0.323 e. The van der Waals surface area contributed by atoms with Crippen LogP contribution in [0.15, 0.2) is 0 Å². The van der Waals surface area contributed by atoms with Crippen molar-refractivity contribution in [2.45, 2.75) is 32.0 Å². The van der Waals surface area contributed by atoms with Crippen molar-refractivity contribution in [3.63, 3.8) is 0 Å².